The summed E-state index contributed by atoms with van der Waals surface area (Å²) < 4.78 is 0. The first kappa shape index (κ1) is 43.9. The Morgan fingerprint density at radius 2 is 1.00 bits per heavy atom. The maximum absolute atomic E-state index is 0. The molecule has 0 aliphatic carbocycles. The van der Waals surface area contributed by atoms with Crippen LogP contribution in [0.4, 0.5) is 0 Å². The molecule has 1 nitrogen and oxygen atoms in total. The van der Waals surface area contributed by atoms with Gasteiger partial charge in [-0.15, -0.1) is 0 Å². The van der Waals surface area contributed by atoms with Crippen LogP contribution < -0.4 is 0 Å². The van der Waals surface area contributed by atoms with Crippen molar-refractivity contribution in [2.24, 2.45) is 0 Å². The van der Waals surface area contributed by atoms with Crippen molar-refractivity contribution in [2.75, 3.05) is 0 Å². The Kier molecular flexibility index (Phi) is 237. The summed E-state index contributed by atoms with van der Waals surface area (Å²) in [5.74, 6) is 0. The predicted molar refractivity (Wildman–Crippen MR) is 29.3 cm³/mol. The van der Waals surface area contributed by atoms with E-state index in [2.05, 4.69) is 0 Å². The van der Waals surface area contributed by atoms with E-state index < -0.39 is 0 Å². The van der Waals surface area contributed by atoms with Crippen LogP contribution in [0.1, 0.15) is 0 Å². The first-order chi connectivity index (χ1) is 0. The summed E-state index contributed by atoms with van der Waals surface area (Å²) >= 11 is 0. The van der Waals surface area contributed by atoms with Crippen LogP contribution in [0.5, 0.6) is 0 Å². The fourth-order valence-electron chi connectivity index (χ4n) is 0. The Labute approximate surface area is 154 Å². The molecule has 6 heavy (non-hydrogen) atoms. The monoisotopic (exact) mass is 628 g/mol. The molecular weight excluding hydrogens is 623 g/mol. The fourth-order valence-corrected chi connectivity index (χ4v) is 0. The van der Waals surface area contributed by atoms with Crippen LogP contribution in [0.3, 0.4) is 0 Å². The van der Waals surface area contributed by atoms with Crippen LogP contribution >= 0.6 is 0 Å². The Morgan fingerprint density at radius 3 is 1.00 bits per heavy atom. The van der Waals surface area contributed by atoms with Gasteiger partial charge < -0.3 is 5.48 Å². The molecule has 0 heterocycles. The first-order valence-corrected chi connectivity index (χ1v) is 0. The summed E-state index contributed by atoms with van der Waals surface area (Å²) in [7, 11) is 0. The van der Waals surface area contributed by atoms with Crippen molar-refractivity contribution in [3.8, 4) is 0 Å². The van der Waals surface area contributed by atoms with Crippen molar-refractivity contribution in [1.29, 1.82) is 0 Å². The van der Waals surface area contributed by atoms with Crippen molar-refractivity contribution in [2.45, 2.75) is 0 Å². The van der Waals surface area contributed by atoms with Gasteiger partial charge in [0.2, 0.25) is 0 Å². The van der Waals surface area contributed by atoms with E-state index in [9.17, 15) is 0 Å². The van der Waals surface area contributed by atoms with Crippen LogP contribution in [0, 0.1) is 0 Å². The van der Waals surface area contributed by atoms with E-state index >= 15 is 0 Å². The van der Waals surface area contributed by atoms with E-state index in [0.717, 1.165) is 0 Å². The van der Waals surface area contributed by atoms with Gasteiger partial charge in [0.15, 0.2) is 0 Å². The number of rotatable bonds is 0. The molecule has 0 saturated heterocycles. The van der Waals surface area contributed by atoms with Crippen molar-refractivity contribution in [1.82, 2.24) is 0 Å². The molecule has 0 fully saturated rings. The molecule has 0 spiro atoms. The average molecular weight is 627 g/mol. The van der Waals surface area contributed by atoms with Gasteiger partial charge in [-0.2, -0.15) is 0 Å². The molecule has 0 saturated carbocycles. The molecular formula is H4BiCaCuOPbSr. The van der Waals surface area contributed by atoms with Crippen LogP contribution in [0.2, 0.25) is 0 Å². The van der Waals surface area contributed by atoms with E-state index in [-0.39, 0.29) is 159 Å². The standard InChI is InChI=1S/Bi.Ca.Cu.O.Pb.Sr.4H/q;;+2;-2;;;;;;. The molecule has 0 aromatic rings. The molecule has 6 heteroatoms. The minimum atomic E-state index is 0. The maximum atomic E-state index is 0. The van der Waals surface area contributed by atoms with Crippen molar-refractivity contribution in [3.05, 3.63) is 0 Å². The van der Waals surface area contributed by atoms with Gasteiger partial charge in [0.1, 0.15) is 0 Å². The molecule has 0 aliphatic heterocycles. The quantitative estimate of drug-likeness (QED) is 0.262. The van der Waals surface area contributed by atoms with E-state index in [1.807, 2.05) is 0 Å². The normalized spacial score (nSPS) is 0. The van der Waals surface area contributed by atoms with Gasteiger partial charge in [-0.05, 0) is 0 Å². The third-order valence-corrected chi connectivity index (χ3v) is 0. The zero-order valence-corrected chi connectivity index (χ0v) is 9.96. The van der Waals surface area contributed by atoms with Crippen molar-refractivity contribution in [3.63, 3.8) is 0 Å². The average Bonchev–Trinajstić information content (AvgIpc) is 0. The summed E-state index contributed by atoms with van der Waals surface area (Å²) in [6.07, 6.45) is 0. The zero-order chi connectivity index (χ0) is 0. The molecule has 0 amide bonds. The van der Waals surface area contributed by atoms with Gasteiger partial charge >= 0.3 is 100 Å². The molecule has 0 N–H and O–H groups in total. The second-order valence-corrected chi connectivity index (χ2v) is 0. The van der Waals surface area contributed by atoms with Gasteiger partial charge in [0, 0.05) is 53.5 Å². The second kappa shape index (κ2) is 32.3. The summed E-state index contributed by atoms with van der Waals surface area (Å²) in [6, 6.07) is 0. The Balaban J connectivity index is 0. The van der Waals surface area contributed by atoms with Crippen LogP contribution in [-0.2, 0) is 22.5 Å². The summed E-state index contributed by atoms with van der Waals surface area (Å²) in [5.41, 5.74) is 0. The Hall–Kier alpha value is 5.02. The van der Waals surface area contributed by atoms with Crippen molar-refractivity contribution < 1.29 is 22.5 Å². The molecule has 0 rings (SSSR count). The molecule has 0 aliphatic rings. The van der Waals surface area contributed by atoms with E-state index in [1.54, 1.807) is 0 Å². The summed E-state index contributed by atoms with van der Waals surface area (Å²) in [5, 5.41) is 0. The van der Waals surface area contributed by atoms with E-state index in [4.69, 9.17) is 0 Å². The first-order valence-electron chi connectivity index (χ1n) is 0. The molecule has 0 aromatic carbocycles. The fraction of sp³-hybridized carbons (Fsp3) is 0. The van der Waals surface area contributed by atoms with Crippen LogP contribution in [0.15, 0.2) is 0 Å². The SMILES string of the molecule is [Bi].[CaH2].[Cu+2].[O-2].[Pb].[SrH2]. The molecule has 0 bridgehead atoms. The molecule has 34 valence electrons. The van der Waals surface area contributed by atoms with Gasteiger partial charge in [0.25, 0.3) is 0 Å². The molecule has 0 atom stereocenters. The van der Waals surface area contributed by atoms with Gasteiger partial charge in [-0.3, -0.25) is 0 Å². The van der Waals surface area contributed by atoms with Crippen molar-refractivity contribution >= 4 is 137 Å². The number of hydrogen-bond donors (Lipinski definition) is 0. The summed E-state index contributed by atoms with van der Waals surface area (Å²) in [6.45, 7) is 0. The number of hydrogen-bond acceptors (Lipinski definition) is 0. The summed E-state index contributed by atoms with van der Waals surface area (Å²) in [4.78, 5) is 0. The van der Waals surface area contributed by atoms with E-state index in [1.165, 1.54) is 0 Å². The third kappa shape index (κ3) is 23.0. The topological polar surface area (TPSA) is 28.5 Å². The van der Waals surface area contributed by atoms with Gasteiger partial charge in [-0.25, -0.2) is 0 Å². The Morgan fingerprint density at radius 1 is 1.00 bits per heavy atom. The van der Waals surface area contributed by atoms with Crippen LogP contribution in [-0.4, -0.2) is 137 Å². The third-order valence-electron chi connectivity index (χ3n) is 0. The molecule has 8 radical (unpaired) electrons. The van der Waals surface area contributed by atoms with Gasteiger partial charge in [0.05, 0.1) is 0 Å². The predicted octanol–water partition coefficient (Wildman–Crippen LogP) is -2.72. The van der Waals surface area contributed by atoms with Gasteiger partial charge in [-0.1, -0.05) is 0 Å². The zero-order valence-electron chi connectivity index (χ0n) is 1.66. The molecule has 0 aromatic heterocycles. The minimum absolute atomic E-state index is 0. The Bertz CT molecular complexity index is 15.5. The van der Waals surface area contributed by atoms with E-state index in [0.29, 0.717) is 0 Å². The second-order valence-electron chi connectivity index (χ2n) is 0. The van der Waals surface area contributed by atoms with Crippen LogP contribution in [0.25, 0.3) is 0 Å². The molecule has 0 unspecified atom stereocenters.